The summed E-state index contributed by atoms with van der Waals surface area (Å²) in [5.74, 6) is 0.624. The third kappa shape index (κ3) is 2.36. The van der Waals surface area contributed by atoms with Crippen LogP contribution in [0.5, 0.6) is 0 Å². The van der Waals surface area contributed by atoms with Crippen LogP contribution in [0.3, 0.4) is 0 Å². The Hall–Kier alpha value is -2.10. The fourth-order valence-corrected chi connectivity index (χ4v) is 1.70. The lowest BCUT2D eigenvalue weighted by molar-refractivity contribution is 0.102. The zero-order chi connectivity index (χ0) is 12.3. The molecule has 1 aromatic carbocycles. The zero-order valence-corrected chi connectivity index (χ0v) is 9.97. The molecule has 1 heterocycles. The first-order valence-corrected chi connectivity index (χ1v) is 5.61. The van der Waals surface area contributed by atoms with Crippen LogP contribution in [-0.2, 0) is 6.54 Å². The fraction of sp³-hybridized carbons (Fsp3) is 0.231. The maximum atomic E-state index is 12.0. The smallest absolute Gasteiger partial charge is 0.257 e. The molecule has 2 rings (SSSR count). The van der Waals surface area contributed by atoms with Crippen LogP contribution in [0, 0.1) is 6.92 Å². The van der Waals surface area contributed by atoms with Crippen LogP contribution < -0.4 is 5.32 Å². The van der Waals surface area contributed by atoms with Crippen LogP contribution >= 0.6 is 0 Å². The minimum absolute atomic E-state index is 0.0988. The summed E-state index contributed by atoms with van der Waals surface area (Å²) in [5, 5.41) is 6.97. The molecule has 0 aliphatic rings. The van der Waals surface area contributed by atoms with E-state index in [1.807, 2.05) is 38.1 Å². The number of anilines is 1. The molecule has 0 unspecified atom stereocenters. The number of carbonyl (C=O) groups excluding carboxylic acids is 1. The van der Waals surface area contributed by atoms with E-state index in [2.05, 4.69) is 10.4 Å². The molecule has 0 atom stereocenters. The summed E-state index contributed by atoms with van der Waals surface area (Å²) in [6.07, 6.45) is 1.68. The van der Waals surface area contributed by atoms with Crippen LogP contribution in [0.4, 0.5) is 5.82 Å². The molecular formula is C13H15N3O. The van der Waals surface area contributed by atoms with Gasteiger partial charge in [0.1, 0.15) is 5.82 Å². The van der Waals surface area contributed by atoms with Crippen molar-refractivity contribution in [3.63, 3.8) is 0 Å². The average molecular weight is 229 g/mol. The van der Waals surface area contributed by atoms with E-state index in [9.17, 15) is 4.79 Å². The number of benzene rings is 1. The monoisotopic (exact) mass is 229 g/mol. The molecular weight excluding hydrogens is 214 g/mol. The number of rotatable bonds is 3. The molecule has 2 aromatic rings. The van der Waals surface area contributed by atoms with Gasteiger partial charge in [-0.1, -0.05) is 18.2 Å². The molecule has 1 N–H and O–H groups in total. The Kier molecular flexibility index (Phi) is 3.23. The van der Waals surface area contributed by atoms with E-state index in [4.69, 9.17) is 0 Å². The number of carbonyl (C=O) groups is 1. The molecule has 0 saturated carbocycles. The summed E-state index contributed by atoms with van der Waals surface area (Å²) in [7, 11) is 0. The van der Waals surface area contributed by atoms with E-state index in [1.54, 1.807) is 16.9 Å². The molecule has 1 aromatic heterocycles. The summed E-state index contributed by atoms with van der Waals surface area (Å²) in [4.78, 5) is 12.0. The normalized spacial score (nSPS) is 10.2. The van der Waals surface area contributed by atoms with Gasteiger partial charge >= 0.3 is 0 Å². The first-order valence-electron chi connectivity index (χ1n) is 5.61. The van der Waals surface area contributed by atoms with E-state index in [1.165, 1.54) is 0 Å². The molecule has 0 aliphatic carbocycles. The van der Waals surface area contributed by atoms with Gasteiger partial charge in [-0.3, -0.25) is 4.79 Å². The Labute approximate surface area is 100 Å². The maximum absolute atomic E-state index is 12.0. The van der Waals surface area contributed by atoms with Crippen LogP contribution in [-0.4, -0.2) is 15.7 Å². The topological polar surface area (TPSA) is 46.9 Å². The Balaban J connectivity index is 2.20. The largest absolute Gasteiger partial charge is 0.307 e. The van der Waals surface area contributed by atoms with E-state index in [0.717, 1.165) is 17.9 Å². The van der Waals surface area contributed by atoms with E-state index in [0.29, 0.717) is 5.56 Å². The SMILES string of the molecule is CCn1nccc1NC(=O)c1ccccc1C. The van der Waals surface area contributed by atoms with Crippen molar-refractivity contribution in [1.29, 1.82) is 0 Å². The minimum atomic E-state index is -0.0988. The lowest BCUT2D eigenvalue weighted by Crippen LogP contribution is -2.16. The van der Waals surface area contributed by atoms with Gasteiger partial charge in [0.25, 0.3) is 5.91 Å². The van der Waals surface area contributed by atoms with Crippen molar-refractivity contribution in [1.82, 2.24) is 9.78 Å². The van der Waals surface area contributed by atoms with Crippen LogP contribution in [0.1, 0.15) is 22.8 Å². The highest BCUT2D eigenvalue weighted by Gasteiger charge is 2.10. The first kappa shape index (κ1) is 11.4. The second kappa shape index (κ2) is 4.82. The van der Waals surface area contributed by atoms with Crippen LogP contribution in [0.15, 0.2) is 36.5 Å². The first-order chi connectivity index (χ1) is 8.22. The molecule has 0 spiro atoms. The Morgan fingerprint density at radius 2 is 2.12 bits per heavy atom. The third-order valence-electron chi connectivity index (χ3n) is 2.65. The van der Waals surface area contributed by atoms with Gasteiger partial charge in [-0.05, 0) is 25.5 Å². The molecule has 0 fully saturated rings. The fourth-order valence-electron chi connectivity index (χ4n) is 1.70. The number of hydrogen-bond donors (Lipinski definition) is 1. The zero-order valence-electron chi connectivity index (χ0n) is 9.97. The van der Waals surface area contributed by atoms with Crippen molar-refractivity contribution < 1.29 is 4.79 Å². The maximum Gasteiger partial charge on any atom is 0.257 e. The van der Waals surface area contributed by atoms with Gasteiger partial charge in [0.2, 0.25) is 0 Å². The lowest BCUT2D eigenvalue weighted by atomic mass is 10.1. The predicted molar refractivity (Wildman–Crippen MR) is 67.0 cm³/mol. The average Bonchev–Trinajstić information content (AvgIpc) is 2.76. The van der Waals surface area contributed by atoms with Gasteiger partial charge in [-0.15, -0.1) is 0 Å². The molecule has 0 aliphatic heterocycles. The number of amides is 1. The lowest BCUT2D eigenvalue weighted by Gasteiger charge is -2.08. The molecule has 88 valence electrons. The molecule has 0 bridgehead atoms. The van der Waals surface area contributed by atoms with Gasteiger partial charge < -0.3 is 5.32 Å². The summed E-state index contributed by atoms with van der Waals surface area (Å²) in [6, 6.07) is 9.31. The summed E-state index contributed by atoms with van der Waals surface area (Å²) < 4.78 is 1.75. The Morgan fingerprint density at radius 1 is 1.35 bits per heavy atom. The number of hydrogen-bond acceptors (Lipinski definition) is 2. The van der Waals surface area contributed by atoms with Crippen LogP contribution in [0.2, 0.25) is 0 Å². The van der Waals surface area contributed by atoms with Crippen molar-refractivity contribution in [2.45, 2.75) is 20.4 Å². The second-order valence-electron chi connectivity index (χ2n) is 3.80. The van der Waals surface area contributed by atoms with Gasteiger partial charge in [-0.2, -0.15) is 5.10 Å². The van der Waals surface area contributed by atoms with Crippen molar-refractivity contribution in [2.75, 3.05) is 5.32 Å². The van der Waals surface area contributed by atoms with Crippen molar-refractivity contribution in [2.24, 2.45) is 0 Å². The Bertz CT molecular complexity index is 531. The quantitative estimate of drug-likeness (QED) is 0.878. The Morgan fingerprint density at radius 3 is 2.82 bits per heavy atom. The minimum Gasteiger partial charge on any atom is -0.307 e. The van der Waals surface area contributed by atoms with Crippen molar-refractivity contribution in [3.05, 3.63) is 47.7 Å². The van der Waals surface area contributed by atoms with E-state index in [-0.39, 0.29) is 5.91 Å². The highest BCUT2D eigenvalue weighted by molar-refractivity contribution is 6.04. The predicted octanol–water partition coefficient (Wildman–Crippen LogP) is 2.46. The molecule has 4 nitrogen and oxygen atoms in total. The molecule has 0 radical (unpaired) electrons. The van der Waals surface area contributed by atoms with Gasteiger partial charge in [0, 0.05) is 18.2 Å². The number of aromatic nitrogens is 2. The number of nitrogens with zero attached hydrogens (tertiary/aromatic N) is 2. The molecule has 1 amide bonds. The number of aryl methyl sites for hydroxylation is 2. The van der Waals surface area contributed by atoms with Crippen molar-refractivity contribution >= 4 is 11.7 Å². The van der Waals surface area contributed by atoms with Crippen LogP contribution in [0.25, 0.3) is 0 Å². The molecule has 17 heavy (non-hydrogen) atoms. The van der Waals surface area contributed by atoms with Crippen molar-refractivity contribution in [3.8, 4) is 0 Å². The van der Waals surface area contributed by atoms with Gasteiger partial charge in [0.15, 0.2) is 0 Å². The molecule has 0 saturated heterocycles. The standard InChI is InChI=1S/C13H15N3O/c1-3-16-12(8-9-14-16)15-13(17)11-7-5-4-6-10(11)2/h4-9H,3H2,1-2H3,(H,15,17). The second-order valence-corrected chi connectivity index (χ2v) is 3.80. The summed E-state index contributed by atoms with van der Waals surface area (Å²) in [6.45, 7) is 4.64. The van der Waals surface area contributed by atoms with Gasteiger partial charge in [-0.25, -0.2) is 4.68 Å². The highest BCUT2D eigenvalue weighted by atomic mass is 16.1. The van der Waals surface area contributed by atoms with Gasteiger partial charge in [0.05, 0.1) is 6.20 Å². The highest BCUT2D eigenvalue weighted by Crippen LogP contribution is 2.11. The summed E-state index contributed by atoms with van der Waals surface area (Å²) in [5.41, 5.74) is 1.66. The van der Waals surface area contributed by atoms with E-state index >= 15 is 0 Å². The number of nitrogens with one attached hydrogen (secondary N) is 1. The third-order valence-corrected chi connectivity index (χ3v) is 2.65. The summed E-state index contributed by atoms with van der Waals surface area (Å²) >= 11 is 0. The molecule has 4 heteroatoms. The van der Waals surface area contributed by atoms with E-state index < -0.39 is 0 Å².